The second-order valence-electron chi connectivity index (χ2n) is 11.8. The van der Waals surface area contributed by atoms with Gasteiger partial charge in [-0.05, 0) is 78.4 Å². The van der Waals surface area contributed by atoms with Crippen LogP contribution in [0.1, 0.15) is 36.8 Å². The minimum absolute atomic E-state index is 0. The quantitative estimate of drug-likeness (QED) is 0.102. The second-order valence-corrected chi connectivity index (χ2v) is 15.4. The van der Waals surface area contributed by atoms with Gasteiger partial charge in [0.2, 0.25) is 0 Å². The van der Waals surface area contributed by atoms with Crippen LogP contribution >= 0.6 is 7.26 Å². The van der Waals surface area contributed by atoms with Crippen LogP contribution in [0.2, 0.25) is 0 Å². The Morgan fingerprint density at radius 2 is 1.08 bits per heavy atom. The van der Waals surface area contributed by atoms with Gasteiger partial charge in [-0.25, -0.2) is 4.79 Å². The van der Waals surface area contributed by atoms with Crippen molar-refractivity contribution in [3.8, 4) is 11.1 Å². The molecule has 0 aromatic heterocycles. The number of nitrogens with zero attached hydrogens (tertiary/aromatic N) is 1. The number of benzene rings is 5. The van der Waals surface area contributed by atoms with Crippen molar-refractivity contribution < 1.29 is 36.0 Å². The highest BCUT2D eigenvalue weighted by atomic mass is 79.9. The third kappa shape index (κ3) is 7.56. The van der Waals surface area contributed by atoms with Gasteiger partial charge in [0, 0.05) is 12.5 Å². The first-order valence-electron chi connectivity index (χ1n) is 16.4. The summed E-state index contributed by atoms with van der Waals surface area (Å²) < 4.78 is 11.2. The predicted molar refractivity (Wildman–Crippen MR) is 193 cm³/mol. The van der Waals surface area contributed by atoms with Gasteiger partial charge in [-0.2, -0.15) is 0 Å². The van der Waals surface area contributed by atoms with Crippen molar-refractivity contribution in [2.24, 2.45) is 0 Å². The van der Waals surface area contributed by atoms with E-state index >= 15 is 0 Å². The zero-order chi connectivity index (χ0) is 32.5. The van der Waals surface area contributed by atoms with Crippen LogP contribution in [-0.4, -0.2) is 49.4 Å². The van der Waals surface area contributed by atoms with E-state index in [1.54, 1.807) is 6.92 Å². The Kier molecular flexibility index (Phi) is 12.2. The van der Waals surface area contributed by atoms with Gasteiger partial charge < -0.3 is 26.5 Å². The fraction of sp³-hybridized carbons (Fsp3) is 0.220. The standard InChI is InChI=1S/C41H41NO4P.BrH/c1-2-45-40(43)30-42(41(44)46-31-39-37-26-14-12-24-35(37)36-25-13-15-27-38(36)39)28-16-17-29-47(32-18-6-3-7-19-32,33-20-8-4-9-21-33)34-22-10-5-11-23-34;/h3-15,18-27,39H,2,16-17,28-31H2,1H3;1H/q+1;/p-1. The van der Waals surface area contributed by atoms with Crippen molar-refractivity contribution in [2.75, 3.05) is 32.5 Å². The van der Waals surface area contributed by atoms with E-state index in [0.717, 1.165) is 30.1 Å². The SMILES string of the molecule is CCOC(=O)CN(CCCC[P+](c1ccccc1)(c1ccccc1)c1ccccc1)C(=O)OCC1c2ccccc2-c2ccccc21.[Br-]. The number of unbranched alkanes of at least 4 members (excludes halogenated alkanes) is 1. The second kappa shape index (κ2) is 16.7. The van der Waals surface area contributed by atoms with E-state index in [-0.39, 0.29) is 42.7 Å². The fourth-order valence-electron chi connectivity index (χ4n) is 6.82. The lowest BCUT2D eigenvalue weighted by molar-refractivity contribution is -0.144. The minimum atomic E-state index is -1.99. The lowest BCUT2D eigenvalue weighted by Gasteiger charge is -2.28. The predicted octanol–water partition coefficient (Wildman–Crippen LogP) is 4.58. The molecule has 246 valence electrons. The Labute approximate surface area is 295 Å². The lowest BCUT2D eigenvalue weighted by atomic mass is 9.98. The maximum atomic E-state index is 13.6. The average Bonchev–Trinajstić information content (AvgIpc) is 3.45. The Balaban J connectivity index is 0.00000451. The summed E-state index contributed by atoms with van der Waals surface area (Å²) in [5, 5.41) is 3.99. The molecule has 5 aromatic carbocycles. The van der Waals surface area contributed by atoms with E-state index in [1.807, 2.05) is 24.3 Å². The average molecular weight is 723 g/mol. The monoisotopic (exact) mass is 721 g/mol. The van der Waals surface area contributed by atoms with Crippen LogP contribution in [0.15, 0.2) is 140 Å². The van der Waals surface area contributed by atoms with Crippen LogP contribution < -0.4 is 32.9 Å². The number of hydrogen-bond acceptors (Lipinski definition) is 4. The number of amides is 1. The molecular weight excluding hydrogens is 681 g/mol. The maximum absolute atomic E-state index is 13.6. The molecular formula is C41H41BrNO4P. The number of hydrogen-bond donors (Lipinski definition) is 0. The summed E-state index contributed by atoms with van der Waals surface area (Å²) >= 11 is 0. The molecule has 48 heavy (non-hydrogen) atoms. The molecule has 5 nitrogen and oxygen atoms in total. The number of ether oxygens (including phenoxy) is 2. The molecule has 0 radical (unpaired) electrons. The summed E-state index contributed by atoms with van der Waals surface area (Å²) in [6.07, 6.45) is 2.03. The first-order valence-corrected chi connectivity index (χ1v) is 18.4. The molecule has 0 N–H and O–H groups in total. The Morgan fingerprint density at radius 1 is 0.625 bits per heavy atom. The zero-order valence-electron chi connectivity index (χ0n) is 27.2. The number of carbonyl (C=O) groups is 2. The van der Waals surface area contributed by atoms with E-state index in [2.05, 4.69) is 115 Å². The topological polar surface area (TPSA) is 55.8 Å². The van der Waals surface area contributed by atoms with Crippen LogP contribution in [0, 0.1) is 0 Å². The molecule has 5 aromatic rings. The maximum Gasteiger partial charge on any atom is 0.410 e. The highest BCUT2D eigenvalue weighted by Crippen LogP contribution is 2.56. The molecule has 7 heteroatoms. The summed E-state index contributed by atoms with van der Waals surface area (Å²) in [6.45, 7) is 2.50. The van der Waals surface area contributed by atoms with Gasteiger partial charge in [0.05, 0.1) is 12.8 Å². The molecule has 6 rings (SSSR count). The molecule has 0 unspecified atom stereocenters. The van der Waals surface area contributed by atoms with E-state index in [4.69, 9.17) is 9.47 Å². The smallest absolute Gasteiger partial charge is 0.410 e. The first-order chi connectivity index (χ1) is 23.1. The number of rotatable bonds is 13. The summed E-state index contributed by atoms with van der Waals surface area (Å²) in [7, 11) is -1.99. The highest BCUT2D eigenvalue weighted by Gasteiger charge is 2.44. The van der Waals surface area contributed by atoms with Gasteiger partial charge in [0.25, 0.3) is 0 Å². The molecule has 1 aliphatic carbocycles. The van der Waals surface area contributed by atoms with Crippen molar-refractivity contribution in [1.82, 2.24) is 4.90 Å². The molecule has 0 aliphatic heterocycles. The number of carbonyl (C=O) groups excluding carboxylic acids is 2. The van der Waals surface area contributed by atoms with Crippen LogP contribution in [0.3, 0.4) is 0 Å². The van der Waals surface area contributed by atoms with Crippen molar-refractivity contribution in [3.05, 3.63) is 151 Å². The Bertz CT molecular complexity index is 1640. The van der Waals surface area contributed by atoms with Gasteiger partial charge in [0.15, 0.2) is 0 Å². The first kappa shape index (κ1) is 35.1. The molecule has 0 saturated heterocycles. The molecule has 0 atom stereocenters. The lowest BCUT2D eigenvalue weighted by Crippen LogP contribution is -3.00. The van der Waals surface area contributed by atoms with E-state index in [1.165, 1.54) is 31.9 Å². The van der Waals surface area contributed by atoms with Crippen molar-refractivity contribution in [3.63, 3.8) is 0 Å². The van der Waals surface area contributed by atoms with Gasteiger partial charge in [-0.15, -0.1) is 0 Å². The fourth-order valence-corrected chi connectivity index (χ4v) is 11.2. The third-order valence-electron chi connectivity index (χ3n) is 8.98. The highest BCUT2D eigenvalue weighted by molar-refractivity contribution is 7.95. The normalized spacial score (nSPS) is 11.9. The van der Waals surface area contributed by atoms with E-state index in [0.29, 0.717) is 6.54 Å². The van der Waals surface area contributed by atoms with E-state index in [9.17, 15) is 9.59 Å². The van der Waals surface area contributed by atoms with Crippen molar-refractivity contribution >= 4 is 35.2 Å². The summed E-state index contributed by atoms with van der Waals surface area (Å²) in [5.41, 5.74) is 4.66. The third-order valence-corrected chi connectivity index (χ3v) is 13.5. The zero-order valence-corrected chi connectivity index (χ0v) is 29.7. The summed E-state index contributed by atoms with van der Waals surface area (Å²) in [6, 6.07) is 49.0. The molecule has 0 bridgehead atoms. The van der Waals surface area contributed by atoms with E-state index < -0.39 is 19.3 Å². The van der Waals surface area contributed by atoms with Gasteiger partial charge in [-0.3, -0.25) is 9.69 Å². The van der Waals surface area contributed by atoms with Crippen LogP contribution in [0.25, 0.3) is 11.1 Å². The molecule has 1 amide bonds. The van der Waals surface area contributed by atoms with Crippen molar-refractivity contribution in [1.29, 1.82) is 0 Å². The Hall–Kier alpha value is -4.25. The Morgan fingerprint density at radius 3 is 1.56 bits per heavy atom. The van der Waals surface area contributed by atoms with Gasteiger partial charge in [0.1, 0.15) is 36.3 Å². The van der Waals surface area contributed by atoms with Crippen molar-refractivity contribution in [2.45, 2.75) is 25.7 Å². The van der Waals surface area contributed by atoms with Gasteiger partial charge >= 0.3 is 12.1 Å². The molecule has 0 fully saturated rings. The molecule has 0 saturated carbocycles. The number of esters is 1. The number of halogens is 1. The molecule has 0 spiro atoms. The minimum Gasteiger partial charge on any atom is -1.00 e. The van der Waals surface area contributed by atoms with Crippen LogP contribution in [0.5, 0.6) is 0 Å². The van der Waals surface area contributed by atoms with Crippen LogP contribution in [0.4, 0.5) is 4.79 Å². The molecule has 0 heterocycles. The summed E-state index contributed by atoms with van der Waals surface area (Å²) in [4.78, 5) is 27.8. The number of fused-ring (bicyclic) bond motifs is 3. The molecule has 1 aliphatic rings. The summed E-state index contributed by atoms with van der Waals surface area (Å²) in [5.74, 6) is -0.482. The van der Waals surface area contributed by atoms with Crippen LogP contribution in [-0.2, 0) is 14.3 Å². The van der Waals surface area contributed by atoms with Gasteiger partial charge in [-0.1, -0.05) is 103 Å². The largest absolute Gasteiger partial charge is 1.00 e.